The van der Waals surface area contributed by atoms with E-state index in [4.69, 9.17) is 16.7 Å². The van der Waals surface area contributed by atoms with Gasteiger partial charge < -0.3 is 10.0 Å². The van der Waals surface area contributed by atoms with Crippen molar-refractivity contribution in [2.75, 3.05) is 11.9 Å². The number of carboxylic acid groups (broad SMARTS) is 1. The Labute approximate surface area is 120 Å². The normalized spacial score (nSPS) is 10.5. The molecule has 0 amide bonds. The number of anilines is 1. The number of nitrogens with zero attached hydrogens (tertiary/aromatic N) is 2. The SMILES string of the molecule is Cc1ccc(CN(C)c2nc(Cl)c(C(=O)O)s2)cc1. The number of hydrogen-bond donors (Lipinski definition) is 1. The summed E-state index contributed by atoms with van der Waals surface area (Å²) < 4.78 is 0. The third kappa shape index (κ3) is 3.24. The van der Waals surface area contributed by atoms with E-state index in [9.17, 15) is 4.79 Å². The molecular formula is C13H13ClN2O2S. The summed E-state index contributed by atoms with van der Waals surface area (Å²) >= 11 is 6.88. The van der Waals surface area contributed by atoms with Crippen LogP contribution < -0.4 is 4.90 Å². The molecule has 0 saturated heterocycles. The smallest absolute Gasteiger partial charge is 0.349 e. The molecule has 0 atom stereocenters. The summed E-state index contributed by atoms with van der Waals surface area (Å²) in [5.41, 5.74) is 2.34. The lowest BCUT2D eigenvalue weighted by atomic mass is 10.1. The van der Waals surface area contributed by atoms with Gasteiger partial charge >= 0.3 is 5.97 Å². The zero-order valence-corrected chi connectivity index (χ0v) is 12.1. The van der Waals surface area contributed by atoms with Gasteiger partial charge in [0.25, 0.3) is 0 Å². The van der Waals surface area contributed by atoms with Gasteiger partial charge in [-0.15, -0.1) is 0 Å². The summed E-state index contributed by atoms with van der Waals surface area (Å²) in [6.07, 6.45) is 0. The van der Waals surface area contributed by atoms with E-state index in [1.807, 2.05) is 43.1 Å². The van der Waals surface area contributed by atoms with Crippen LogP contribution in [0.5, 0.6) is 0 Å². The number of hydrogen-bond acceptors (Lipinski definition) is 4. The zero-order chi connectivity index (χ0) is 14.0. The maximum Gasteiger partial charge on any atom is 0.349 e. The number of aryl methyl sites for hydroxylation is 1. The topological polar surface area (TPSA) is 53.4 Å². The summed E-state index contributed by atoms with van der Waals surface area (Å²) in [7, 11) is 1.86. The van der Waals surface area contributed by atoms with E-state index in [0.29, 0.717) is 11.7 Å². The highest BCUT2D eigenvalue weighted by atomic mass is 35.5. The van der Waals surface area contributed by atoms with Crippen LogP contribution in [0.3, 0.4) is 0 Å². The van der Waals surface area contributed by atoms with Crippen LogP contribution in [0.4, 0.5) is 5.13 Å². The molecule has 100 valence electrons. The van der Waals surface area contributed by atoms with Crippen molar-refractivity contribution in [2.24, 2.45) is 0 Å². The van der Waals surface area contributed by atoms with Crippen LogP contribution >= 0.6 is 22.9 Å². The van der Waals surface area contributed by atoms with Gasteiger partial charge in [0.2, 0.25) is 0 Å². The van der Waals surface area contributed by atoms with Crippen LogP contribution in [0.25, 0.3) is 0 Å². The van der Waals surface area contributed by atoms with Crippen molar-refractivity contribution < 1.29 is 9.90 Å². The van der Waals surface area contributed by atoms with Gasteiger partial charge in [-0.05, 0) is 12.5 Å². The van der Waals surface area contributed by atoms with Gasteiger partial charge in [0.05, 0.1) is 0 Å². The van der Waals surface area contributed by atoms with Crippen molar-refractivity contribution in [1.82, 2.24) is 4.98 Å². The van der Waals surface area contributed by atoms with E-state index < -0.39 is 5.97 Å². The number of carboxylic acids is 1. The highest BCUT2D eigenvalue weighted by molar-refractivity contribution is 7.18. The minimum Gasteiger partial charge on any atom is -0.477 e. The Morgan fingerprint density at radius 3 is 2.58 bits per heavy atom. The molecule has 0 fully saturated rings. The molecule has 1 aromatic carbocycles. The summed E-state index contributed by atoms with van der Waals surface area (Å²) in [5, 5.41) is 9.59. The van der Waals surface area contributed by atoms with Crippen LogP contribution in [-0.2, 0) is 6.54 Å². The maximum atomic E-state index is 10.9. The molecule has 1 N–H and O–H groups in total. The van der Waals surface area contributed by atoms with Crippen molar-refractivity contribution in [3.8, 4) is 0 Å². The zero-order valence-electron chi connectivity index (χ0n) is 10.6. The monoisotopic (exact) mass is 296 g/mol. The lowest BCUT2D eigenvalue weighted by Gasteiger charge is -2.15. The molecule has 0 spiro atoms. The van der Waals surface area contributed by atoms with E-state index >= 15 is 0 Å². The first-order valence-corrected chi connectivity index (χ1v) is 6.83. The molecule has 1 heterocycles. The van der Waals surface area contributed by atoms with Crippen LogP contribution in [0.1, 0.15) is 20.8 Å². The van der Waals surface area contributed by atoms with Gasteiger partial charge in [-0.2, -0.15) is 0 Å². The van der Waals surface area contributed by atoms with E-state index in [2.05, 4.69) is 4.98 Å². The molecule has 0 bridgehead atoms. The number of rotatable bonds is 4. The highest BCUT2D eigenvalue weighted by Gasteiger charge is 2.17. The largest absolute Gasteiger partial charge is 0.477 e. The maximum absolute atomic E-state index is 10.9. The molecule has 6 heteroatoms. The number of benzene rings is 1. The van der Waals surface area contributed by atoms with Crippen LogP contribution in [0.2, 0.25) is 5.15 Å². The van der Waals surface area contributed by atoms with Crippen molar-refractivity contribution in [2.45, 2.75) is 13.5 Å². The van der Waals surface area contributed by atoms with Crippen molar-refractivity contribution >= 4 is 34.0 Å². The molecule has 4 nitrogen and oxygen atoms in total. The molecule has 0 saturated carbocycles. The van der Waals surface area contributed by atoms with Gasteiger partial charge in [0.15, 0.2) is 15.2 Å². The molecular weight excluding hydrogens is 284 g/mol. The number of halogens is 1. The van der Waals surface area contributed by atoms with E-state index in [1.165, 1.54) is 5.56 Å². The minimum atomic E-state index is -1.04. The standard InChI is InChI=1S/C13H13ClN2O2S/c1-8-3-5-9(6-4-8)7-16(2)13-15-11(14)10(19-13)12(17)18/h3-6H,7H2,1-2H3,(H,17,18). The Balaban J connectivity index is 2.15. The fourth-order valence-corrected chi connectivity index (χ4v) is 2.70. The van der Waals surface area contributed by atoms with Gasteiger partial charge in [-0.3, -0.25) is 0 Å². The Kier molecular flexibility index (Phi) is 4.07. The third-order valence-corrected chi connectivity index (χ3v) is 4.18. The molecule has 0 radical (unpaired) electrons. The van der Waals surface area contributed by atoms with Crippen molar-refractivity contribution in [1.29, 1.82) is 0 Å². The molecule has 0 aliphatic heterocycles. The molecule has 0 aliphatic carbocycles. The van der Waals surface area contributed by atoms with E-state index in [-0.39, 0.29) is 10.0 Å². The van der Waals surface area contributed by atoms with Crippen molar-refractivity contribution in [3.63, 3.8) is 0 Å². The molecule has 2 rings (SSSR count). The van der Waals surface area contributed by atoms with Crippen LogP contribution in [0, 0.1) is 6.92 Å². The number of thiazole rings is 1. The third-order valence-electron chi connectivity index (χ3n) is 2.64. The predicted molar refractivity (Wildman–Crippen MR) is 77.4 cm³/mol. The second-order valence-corrected chi connectivity index (χ2v) is 5.60. The second kappa shape index (κ2) is 5.59. The summed E-state index contributed by atoms with van der Waals surface area (Å²) in [6, 6.07) is 8.17. The highest BCUT2D eigenvalue weighted by Crippen LogP contribution is 2.29. The molecule has 19 heavy (non-hydrogen) atoms. The molecule has 0 unspecified atom stereocenters. The van der Waals surface area contributed by atoms with Gasteiger partial charge in [0, 0.05) is 13.6 Å². The minimum absolute atomic E-state index is 0.0447. The quantitative estimate of drug-likeness (QED) is 0.939. The first-order chi connectivity index (χ1) is 8.97. The second-order valence-electron chi connectivity index (χ2n) is 4.26. The van der Waals surface area contributed by atoms with E-state index in [0.717, 1.165) is 16.9 Å². The van der Waals surface area contributed by atoms with Crippen LogP contribution in [-0.4, -0.2) is 23.1 Å². The van der Waals surface area contributed by atoms with E-state index in [1.54, 1.807) is 0 Å². The number of carbonyl (C=O) groups is 1. The van der Waals surface area contributed by atoms with Gasteiger partial charge in [0.1, 0.15) is 0 Å². The first-order valence-electron chi connectivity index (χ1n) is 5.63. The number of aromatic nitrogens is 1. The van der Waals surface area contributed by atoms with Crippen molar-refractivity contribution in [3.05, 3.63) is 45.4 Å². The lowest BCUT2D eigenvalue weighted by Crippen LogP contribution is -2.15. The fourth-order valence-electron chi connectivity index (χ4n) is 1.62. The molecule has 0 aliphatic rings. The fraction of sp³-hybridized carbons (Fsp3) is 0.231. The van der Waals surface area contributed by atoms with Gasteiger partial charge in [-0.25, -0.2) is 9.78 Å². The lowest BCUT2D eigenvalue weighted by molar-refractivity contribution is 0.0702. The first kappa shape index (κ1) is 13.8. The average Bonchev–Trinajstić information content (AvgIpc) is 2.74. The Morgan fingerprint density at radius 2 is 2.05 bits per heavy atom. The number of aromatic carboxylic acids is 1. The summed E-state index contributed by atoms with van der Waals surface area (Å²) in [4.78, 5) is 17.0. The molecule has 1 aromatic heterocycles. The predicted octanol–water partition coefficient (Wildman–Crippen LogP) is 3.44. The Bertz CT molecular complexity index is 595. The summed E-state index contributed by atoms with van der Waals surface area (Å²) in [5.74, 6) is -1.04. The Hall–Kier alpha value is -1.59. The van der Waals surface area contributed by atoms with Gasteiger partial charge in [-0.1, -0.05) is 52.8 Å². The Morgan fingerprint density at radius 1 is 1.42 bits per heavy atom. The average molecular weight is 297 g/mol. The van der Waals surface area contributed by atoms with Crippen LogP contribution in [0.15, 0.2) is 24.3 Å². The summed E-state index contributed by atoms with van der Waals surface area (Å²) in [6.45, 7) is 2.69. The molecule has 2 aromatic rings.